The average molecular weight is 331 g/mol. The number of hydrogen-bond acceptors (Lipinski definition) is 2. The van der Waals surface area contributed by atoms with Crippen molar-refractivity contribution in [3.8, 4) is 0 Å². The summed E-state index contributed by atoms with van der Waals surface area (Å²) in [5, 5.41) is 6.77. The summed E-state index contributed by atoms with van der Waals surface area (Å²) in [6.07, 6.45) is 13.4. The molecule has 0 spiro atoms. The number of rotatable bonds is 3. The van der Waals surface area contributed by atoms with Gasteiger partial charge in [0, 0.05) is 12.2 Å². The monoisotopic (exact) mass is 330 g/mol. The van der Waals surface area contributed by atoms with Crippen molar-refractivity contribution in [3.05, 3.63) is 84.9 Å². The Labute approximate surface area is 151 Å². The standard InChI is InChI=1S/C15H20N2.C3H6.2C2H6/c1-5-8-13-11-16-14(9-6-2)15(10-7-3)17-12(13)4;1-3-2;2*1-2/h5-10,16-17H,2-3,11H2,1,4H3;3H,1H2,2H3;2*1-2H3/b8-5-,14-9+,15-10+;;;. The van der Waals surface area contributed by atoms with Gasteiger partial charge in [0.1, 0.15) is 0 Å². The van der Waals surface area contributed by atoms with Crippen LogP contribution in [-0.4, -0.2) is 6.54 Å². The van der Waals surface area contributed by atoms with Gasteiger partial charge in [-0.05, 0) is 38.5 Å². The van der Waals surface area contributed by atoms with Gasteiger partial charge >= 0.3 is 0 Å². The lowest BCUT2D eigenvalue weighted by Crippen LogP contribution is -2.18. The van der Waals surface area contributed by atoms with Crippen LogP contribution in [0.2, 0.25) is 0 Å². The van der Waals surface area contributed by atoms with Gasteiger partial charge in [0.25, 0.3) is 0 Å². The molecule has 0 saturated heterocycles. The summed E-state index contributed by atoms with van der Waals surface area (Å²) in [5.74, 6) is 0. The molecule has 0 fully saturated rings. The first-order chi connectivity index (χ1) is 11.6. The second-order valence-electron chi connectivity index (χ2n) is 4.17. The Morgan fingerprint density at radius 3 is 1.75 bits per heavy atom. The van der Waals surface area contributed by atoms with E-state index in [-0.39, 0.29) is 0 Å². The summed E-state index contributed by atoms with van der Waals surface area (Å²) in [5.41, 5.74) is 4.43. The van der Waals surface area contributed by atoms with Crippen LogP contribution in [0.4, 0.5) is 0 Å². The van der Waals surface area contributed by atoms with E-state index in [1.165, 1.54) is 5.57 Å². The van der Waals surface area contributed by atoms with Crippen LogP contribution in [0.1, 0.15) is 48.5 Å². The van der Waals surface area contributed by atoms with Crippen molar-refractivity contribution in [1.29, 1.82) is 0 Å². The summed E-state index contributed by atoms with van der Waals surface area (Å²) in [6, 6.07) is 0. The van der Waals surface area contributed by atoms with Crippen LogP contribution in [-0.2, 0) is 0 Å². The lowest BCUT2D eigenvalue weighted by molar-refractivity contribution is 0.894. The highest BCUT2D eigenvalue weighted by Crippen LogP contribution is 2.15. The first-order valence-electron chi connectivity index (χ1n) is 8.70. The minimum Gasteiger partial charge on any atom is -0.379 e. The molecule has 1 aliphatic rings. The van der Waals surface area contributed by atoms with E-state index in [1.54, 1.807) is 18.2 Å². The van der Waals surface area contributed by atoms with Crippen molar-refractivity contribution >= 4 is 0 Å². The molecule has 1 heterocycles. The smallest absolute Gasteiger partial charge is 0.0617 e. The summed E-state index contributed by atoms with van der Waals surface area (Å²) in [6.45, 7) is 25.6. The average Bonchev–Trinajstić information content (AvgIpc) is 2.74. The van der Waals surface area contributed by atoms with Crippen LogP contribution in [0.5, 0.6) is 0 Å². The minimum absolute atomic E-state index is 0.803. The third-order valence-corrected chi connectivity index (χ3v) is 2.50. The molecular formula is C22H38N2. The Morgan fingerprint density at radius 2 is 1.33 bits per heavy atom. The largest absolute Gasteiger partial charge is 0.379 e. The van der Waals surface area contributed by atoms with Gasteiger partial charge in [-0.2, -0.15) is 0 Å². The normalized spacial score (nSPS) is 16.1. The molecule has 0 aromatic heterocycles. The lowest BCUT2D eigenvalue weighted by atomic mass is 10.2. The van der Waals surface area contributed by atoms with E-state index in [9.17, 15) is 0 Å². The zero-order chi connectivity index (χ0) is 19.4. The third kappa shape index (κ3) is 12.3. The molecule has 1 aliphatic heterocycles. The first-order valence-corrected chi connectivity index (χ1v) is 8.70. The van der Waals surface area contributed by atoms with E-state index in [0.29, 0.717) is 0 Å². The Bertz CT molecular complexity index is 460. The van der Waals surface area contributed by atoms with Crippen molar-refractivity contribution in [2.75, 3.05) is 6.54 Å². The molecule has 2 N–H and O–H groups in total. The van der Waals surface area contributed by atoms with Crippen molar-refractivity contribution in [1.82, 2.24) is 10.6 Å². The van der Waals surface area contributed by atoms with Gasteiger partial charge in [-0.3, -0.25) is 0 Å². The van der Waals surface area contributed by atoms with Gasteiger partial charge in [-0.25, -0.2) is 0 Å². The molecule has 136 valence electrons. The molecule has 0 saturated carbocycles. The SMILES string of the molecule is C=C/C=C1/NCC(/C=C\C)=C(C)N/C1=C/C=C.C=CC.CC.CC. The quantitative estimate of drug-likeness (QED) is 0.584. The van der Waals surface area contributed by atoms with Crippen LogP contribution >= 0.6 is 0 Å². The molecule has 2 heteroatoms. The number of nitrogens with one attached hydrogen (secondary N) is 2. The summed E-state index contributed by atoms with van der Waals surface area (Å²) in [4.78, 5) is 0. The molecule has 0 unspecified atom stereocenters. The Hall–Kier alpha value is -2.22. The molecule has 0 atom stereocenters. The van der Waals surface area contributed by atoms with Crippen molar-refractivity contribution < 1.29 is 0 Å². The molecular weight excluding hydrogens is 292 g/mol. The Balaban J connectivity index is -0.000000549. The Morgan fingerprint density at radius 1 is 0.875 bits per heavy atom. The maximum Gasteiger partial charge on any atom is 0.0617 e. The molecule has 0 radical (unpaired) electrons. The van der Waals surface area contributed by atoms with Crippen LogP contribution in [0.3, 0.4) is 0 Å². The van der Waals surface area contributed by atoms with Crippen molar-refractivity contribution in [2.24, 2.45) is 0 Å². The van der Waals surface area contributed by atoms with Crippen molar-refractivity contribution in [2.45, 2.75) is 48.5 Å². The number of allylic oxidation sites excluding steroid dienone is 7. The number of hydrogen-bond donors (Lipinski definition) is 2. The van der Waals surface area contributed by atoms with Crippen molar-refractivity contribution in [3.63, 3.8) is 0 Å². The predicted molar refractivity (Wildman–Crippen MR) is 114 cm³/mol. The zero-order valence-corrected chi connectivity index (χ0v) is 16.9. The highest BCUT2D eigenvalue weighted by atomic mass is 15.0. The van der Waals surface area contributed by atoms with Crippen LogP contribution in [0, 0.1) is 0 Å². The highest BCUT2D eigenvalue weighted by molar-refractivity contribution is 5.41. The summed E-state index contributed by atoms with van der Waals surface area (Å²) < 4.78 is 0. The predicted octanol–water partition coefficient (Wildman–Crippen LogP) is 6.41. The van der Waals surface area contributed by atoms with Gasteiger partial charge in [-0.15, -0.1) is 6.58 Å². The minimum atomic E-state index is 0.803. The maximum absolute atomic E-state index is 3.73. The lowest BCUT2D eigenvalue weighted by Gasteiger charge is -2.11. The van der Waals surface area contributed by atoms with Gasteiger partial charge < -0.3 is 10.6 Å². The molecule has 0 bridgehead atoms. The molecule has 1 rings (SSSR count). The summed E-state index contributed by atoms with van der Waals surface area (Å²) in [7, 11) is 0. The zero-order valence-electron chi connectivity index (χ0n) is 16.9. The van der Waals surface area contributed by atoms with Gasteiger partial charge in [0.15, 0.2) is 0 Å². The topological polar surface area (TPSA) is 24.1 Å². The maximum atomic E-state index is 3.73. The molecule has 0 amide bonds. The second kappa shape index (κ2) is 20.8. The van der Waals surface area contributed by atoms with Crippen LogP contribution < -0.4 is 10.6 Å². The van der Waals surface area contributed by atoms with E-state index in [4.69, 9.17) is 0 Å². The second-order valence-corrected chi connectivity index (χ2v) is 4.17. The fourth-order valence-corrected chi connectivity index (χ4v) is 1.67. The van der Waals surface area contributed by atoms with Gasteiger partial charge in [0.05, 0.1) is 11.4 Å². The van der Waals surface area contributed by atoms with Crippen LogP contribution in [0.15, 0.2) is 84.9 Å². The van der Waals surface area contributed by atoms with E-state index in [0.717, 1.165) is 23.6 Å². The molecule has 24 heavy (non-hydrogen) atoms. The van der Waals surface area contributed by atoms with E-state index in [1.807, 2.05) is 59.8 Å². The molecule has 0 aromatic carbocycles. The van der Waals surface area contributed by atoms with E-state index in [2.05, 4.69) is 43.4 Å². The Kier molecular flexibility index (Phi) is 23.1. The third-order valence-electron chi connectivity index (χ3n) is 2.50. The fourth-order valence-electron chi connectivity index (χ4n) is 1.67. The fraction of sp³-hybridized carbons (Fsp3) is 0.364. The van der Waals surface area contributed by atoms with Crippen LogP contribution in [0.25, 0.3) is 0 Å². The highest BCUT2D eigenvalue weighted by Gasteiger charge is 2.11. The summed E-state index contributed by atoms with van der Waals surface area (Å²) >= 11 is 0. The van der Waals surface area contributed by atoms with Gasteiger partial charge in [-0.1, -0.05) is 71.2 Å². The molecule has 0 aliphatic carbocycles. The van der Waals surface area contributed by atoms with E-state index < -0.39 is 0 Å². The first kappa shape index (κ1) is 26.7. The molecule has 0 aromatic rings. The molecule has 2 nitrogen and oxygen atoms in total. The van der Waals surface area contributed by atoms with Gasteiger partial charge in [0.2, 0.25) is 0 Å². The van der Waals surface area contributed by atoms with E-state index >= 15 is 0 Å².